The van der Waals surface area contributed by atoms with E-state index >= 15 is 0 Å². The molecule has 2 aromatic carbocycles. The Balaban J connectivity index is 0.00000272. The Morgan fingerprint density at radius 3 is 2.35 bits per heavy atom. The number of benzene rings is 2. The SMILES string of the molecule is CC(=O)Oc1cccc(CC(c2ccccc2)N2CCN(C3CCCCC3)CC2)c1.Cl. The van der Waals surface area contributed by atoms with Crippen LogP contribution < -0.4 is 4.74 Å². The van der Waals surface area contributed by atoms with Crippen molar-refractivity contribution in [3.05, 3.63) is 65.7 Å². The Morgan fingerprint density at radius 1 is 0.968 bits per heavy atom. The molecule has 0 amide bonds. The van der Waals surface area contributed by atoms with Crippen molar-refractivity contribution in [2.45, 2.75) is 57.5 Å². The molecule has 0 spiro atoms. The molecule has 31 heavy (non-hydrogen) atoms. The average molecular weight is 443 g/mol. The van der Waals surface area contributed by atoms with E-state index in [1.54, 1.807) is 0 Å². The maximum absolute atomic E-state index is 11.3. The molecular weight excluding hydrogens is 408 g/mol. The third-order valence-electron chi connectivity index (χ3n) is 6.65. The highest BCUT2D eigenvalue weighted by Crippen LogP contribution is 2.29. The minimum atomic E-state index is -0.273. The van der Waals surface area contributed by atoms with E-state index < -0.39 is 0 Å². The molecule has 1 saturated heterocycles. The van der Waals surface area contributed by atoms with Crippen LogP contribution in [-0.2, 0) is 11.2 Å². The van der Waals surface area contributed by atoms with Crippen molar-refractivity contribution < 1.29 is 9.53 Å². The van der Waals surface area contributed by atoms with Crippen LogP contribution in [0.25, 0.3) is 0 Å². The minimum Gasteiger partial charge on any atom is -0.427 e. The lowest BCUT2D eigenvalue weighted by molar-refractivity contribution is -0.131. The third kappa shape index (κ3) is 6.55. The predicted molar refractivity (Wildman–Crippen MR) is 128 cm³/mol. The second-order valence-corrected chi connectivity index (χ2v) is 8.74. The highest BCUT2D eigenvalue weighted by atomic mass is 35.5. The van der Waals surface area contributed by atoms with Crippen LogP contribution >= 0.6 is 12.4 Å². The molecule has 0 N–H and O–H groups in total. The molecule has 168 valence electrons. The van der Waals surface area contributed by atoms with Gasteiger partial charge in [0.1, 0.15) is 5.75 Å². The summed E-state index contributed by atoms with van der Waals surface area (Å²) in [4.78, 5) is 16.7. The van der Waals surface area contributed by atoms with Crippen LogP contribution in [-0.4, -0.2) is 48.0 Å². The molecule has 4 nitrogen and oxygen atoms in total. The first-order chi connectivity index (χ1) is 14.7. The third-order valence-corrected chi connectivity index (χ3v) is 6.65. The highest BCUT2D eigenvalue weighted by molar-refractivity contribution is 5.85. The van der Waals surface area contributed by atoms with Crippen molar-refractivity contribution in [2.75, 3.05) is 26.2 Å². The molecule has 1 unspecified atom stereocenters. The van der Waals surface area contributed by atoms with Crippen LogP contribution in [0.5, 0.6) is 5.75 Å². The first-order valence-corrected chi connectivity index (χ1v) is 11.5. The summed E-state index contributed by atoms with van der Waals surface area (Å²) in [5.74, 6) is 0.361. The smallest absolute Gasteiger partial charge is 0.308 e. The molecule has 2 aliphatic rings. The number of carbonyl (C=O) groups excluding carboxylic acids is 1. The monoisotopic (exact) mass is 442 g/mol. The molecule has 5 heteroatoms. The normalized spacial score (nSPS) is 19.4. The van der Waals surface area contributed by atoms with Gasteiger partial charge in [-0.2, -0.15) is 0 Å². The van der Waals surface area contributed by atoms with Gasteiger partial charge >= 0.3 is 5.97 Å². The van der Waals surface area contributed by atoms with E-state index in [9.17, 15) is 4.79 Å². The van der Waals surface area contributed by atoms with Crippen molar-refractivity contribution in [1.82, 2.24) is 9.80 Å². The van der Waals surface area contributed by atoms with Crippen molar-refractivity contribution in [1.29, 1.82) is 0 Å². The topological polar surface area (TPSA) is 32.8 Å². The quantitative estimate of drug-likeness (QED) is 0.450. The van der Waals surface area contributed by atoms with Gasteiger partial charge in [-0.3, -0.25) is 14.6 Å². The Bertz CT molecular complexity index is 815. The predicted octanol–water partition coefficient (Wildman–Crippen LogP) is 5.27. The van der Waals surface area contributed by atoms with E-state index in [2.05, 4.69) is 46.2 Å². The van der Waals surface area contributed by atoms with Gasteiger partial charge in [-0.1, -0.05) is 61.7 Å². The van der Waals surface area contributed by atoms with Gasteiger partial charge in [0.05, 0.1) is 0 Å². The lowest BCUT2D eigenvalue weighted by Gasteiger charge is -2.43. The lowest BCUT2D eigenvalue weighted by atomic mass is 9.93. The van der Waals surface area contributed by atoms with Crippen LogP contribution in [0.3, 0.4) is 0 Å². The zero-order chi connectivity index (χ0) is 20.8. The van der Waals surface area contributed by atoms with Gasteiger partial charge in [-0.15, -0.1) is 12.4 Å². The van der Waals surface area contributed by atoms with Crippen LogP contribution in [0.15, 0.2) is 54.6 Å². The van der Waals surface area contributed by atoms with Crippen molar-refractivity contribution >= 4 is 18.4 Å². The number of nitrogens with zero attached hydrogens (tertiary/aromatic N) is 2. The molecule has 2 fully saturated rings. The number of ether oxygens (including phenoxy) is 1. The number of esters is 1. The van der Waals surface area contributed by atoms with E-state index in [0.29, 0.717) is 11.8 Å². The first kappa shape index (κ1) is 23.8. The fourth-order valence-electron chi connectivity index (χ4n) is 5.12. The largest absolute Gasteiger partial charge is 0.427 e. The summed E-state index contributed by atoms with van der Waals surface area (Å²) in [5, 5.41) is 0. The van der Waals surface area contributed by atoms with Crippen LogP contribution in [0.4, 0.5) is 0 Å². The molecule has 0 aromatic heterocycles. The maximum Gasteiger partial charge on any atom is 0.308 e. The van der Waals surface area contributed by atoms with Crippen molar-refractivity contribution in [3.8, 4) is 5.75 Å². The summed E-state index contributed by atoms with van der Waals surface area (Å²) in [5.41, 5.74) is 2.57. The van der Waals surface area contributed by atoms with Gasteiger partial charge in [0.25, 0.3) is 0 Å². The molecule has 4 rings (SSSR count). The van der Waals surface area contributed by atoms with E-state index in [4.69, 9.17) is 4.74 Å². The molecule has 1 heterocycles. The Hall–Kier alpha value is -1.88. The Morgan fingerprint density at radius 2 is 1.68 bits per heavy atom. The molecule has 2 aromatic rings. The van der Waals surface area contributed by atoms with Crippen LogP contribution in [0.1, 0.15) is 56.2 Å². The van der Waals surface area contributed by atoms with Gasteiger partial charge in [0, 0.05) is 45.2 Å². The molecule has 0 radical (unpaired) electrons. The summed E-state index contributed by atoms with van der Waals surface area (Å²) >= 11 is 0. The highest BCUT2D eigenvalue weighted by Gasteiger charge is 2.29. The standard InChI is InChI=1S/C26H34N2O2.ClH/c1-21(29)30-25-14-8-9-22(19-25)20-26(23-10-4-2-5-11-23)28-17-15-27(16-18-28)24-12-6-3-7-13-24;/h2,4-5,8-11,14,19,24,26H,3,6-7,12-13,15-18,20H2,1H3;1H. The second-order valence-electron chi connectivity index (χ2n) is 8.74. The van der Waals surface area contributed by atoms with Gasteiger partial charge in [0.15, 0.2) is 0 Å². The lowest BCUT2D eigenvalue weighted by Crippen LogP contribution is -2.51. The first-order valence-electron chi connectivity index (χ1n) is 11.5. The Kier molecular flexibility index (Phi) is 8.94. The zero-order valence-electron chi connectivity index (χ0n) is 18.5. The van der Waals surface area contributed by atoms with Gasteiger partial charge in [-0.25, -0.2) is 0 Å². The van der Waals surface area contributed by atoms with Crippen molar-refractivity contribution in [2.24, 2.45) is 0 Å². The van der Waals surface area contributed by atoms with Gasteiger partial charge in [0.2, 0.25) is 0 Å². The van der Waals surface area contributed by atoms with Crippen molar-refractivity contribution in [3.63, 3.8) is 0 Å². The molecular formula is C26H35ClN2O2. The number of hydrogen-bond donors (Lipinski definition) is 0. The summed E-state index contributed by atoms with van der Waals surface area (Å²) in [6.45, 7) is 6.01. The van der Waals surface area contributed by atoms with E-state index in [0.717, 1.165) is 25.6 Å². The van der Waals surface area contributed by atoms with E-state index in [1.165, 1.54) is 63.2 Å². The van der Waals surface area contributed by atoms with Crippen LogP contribution in [0.2, 0.25) is 0 Å². The van der Waals surface area contributed by atoms with Gasteiger partial charge in [-0.05, 0) is 42.5 Å². The molecule has 0 bridgehead atoms. The fourth-order valence-corrected chi connectivity index (χ4v) is 5.12. The van der Waals surface area contributed by atoms with Gasteiger partial charge < -0.3 is 4.74 Å². The fraction of sp³-hybridized carbons (Fsp3) is 0.500. The summed E-state index contributed by atoms with van der Waals surface area (Å²) in [6, 6.07) is 20.0. The summed E-state index contributed by atoms with van der Waals surface area (Å²) < 4.78 is 5.31. The number of hydrogen-bond acceptors (Lipinski definition) is 4. The second kappa shape index (κ2) is 11.7. The van der Waals surface area contributed by atoms with E-state index in [-0.39, 0.29) is 18.4 Å². The summed E-state index contributed by atoms with van der Waals surface area (Å²) in [6.07, 6.45) is 7.89. The summed E-state index contributed by atoms with van der Waals surface area (Å²) in [7, 11) is 0. The minimum absolute atomic E-state index is 0. The number of piperazine rings is 1. The molecule has 1 aliphatic heterocycles. The number of rotatable bonds is 6. The Labute approximate surface area is 193 Å². The van der Waals surface area contributed by atoms with E-state index in [1.807, 2.05) is 18.2 Å². The molecule has 1 atom stereocenters. The number of carbonyl (C=O) groups is 1. The van der Waals surface area contributed by atoms with Crippen LogP contribution in [0, 0.1) is 0 Å². The zero-order valence-corrected chi connectivity index (χ0v) is 19.4. The maximum atomic E-state index is 11.3. The molecule has 1 aliphatic carbocycles. The molecule has 1 saturated carbocycles. The number of halogens is 1. The average Bonchev–Trinajstić information content (AvgIpc) is 2.79.